The average molecular weight is 392 g/mol. The lowest BCUT2D eigenvalue weighted by Gasteiger charge is -2.25. The minimum absolute atomic E-state index is 0.00569. The molecule has 144 valence electrons. The Morgan fingerprint density at radius 1 is 1.30 bits per heavy atom. The van der Waals surface area contributed by atoms with Crippen molar-refractivity contribution in [2.75, 3.05) is 31.2 Å². The molecule has 0 bridgehead atoms. The second-order valence-corrected chi connectivity index (χ2v) is 7.38. The monoisotopic (exact) mass is 392 g/mol. The summed E-state index contributed by atoms with van der Waals surface area (Å²) in [5.41, 5.74) is 0.323. The number of hydrogen-bond acceptors (Lipinski definition) is 6. The van der Waals surface area contributed by atoms with E-state index >= 15 is 0 Å². The number of benzene rings is 1. The van der Waals surface area contributed by atoms with Crippen LogP contribution in [0.25, 0.3) is 0 Å². The summed E-state index contributed by atoms with van der Waals surface area (Å²) in [7, 11) is 0. The average Bonchev–Trinajstić information content (AvgIpc) is 2.67. The highest BCUT2D eigenvalue weighted by Gasteiger charge is 2.14. The fraction of sp³-hybridized carbons (Fsp3) is 0.368. The molecule has 0 unspecified atom stereocenters. The fourth-order valence-electron chi connectivity index (χ4n) is 2.65. The number of ether oxygens (including phenoxy) is 1. The lowest BCUT2D eigenvalue weighted by atomic mass is 10.2. The van der Waals surface area contributed by atoms with Crippen LogP contribution >= 0.6 is 11.8 Å². The molecular weight excluding hydrogens is 371 g/mol. The van der Waals surface area contributed by atoms with Gasteiger partial charge in [-0.05, 0) is 17.7 Å². The largest absolute Gasteiger partial charge is 0.477 e. The molecule has 1 aliphatic heterocycles. The van der Waals surface area contributed by atoms with Gasteiger partial charge < -0.3 is 14.5 Å². The Morgan fingerprint density at radius 3 is 2.85 bits per heavy atom. The molecule has 0 saturated carbocycles. The molecule has 0 spiro atoms. The summed E-state index contributed by atoms with van der Waals surface area (Å²) < 4.78 is 23.8. The minimum atomic E-state index is -0.409. The lowest BCUT2D eigenvalue weighted by molar-refractivity contribution is -0.123. The molecule has 0 aliphatic carbocycles. The fourth-order valence-corrected chi connectivity index (χ4v) is 3.63. The van der Waals surface area contributed by atoms with Gasteiger partial charge in [-0.1, -0.05) is 12.1 Å². The van der Waals surface area contributed by atoms with Crippen molar-refractivity contribution in [3.8, 4) is 5.75 Å². The van der Waals surface area contributed by atoms with Crippen molar-refractivity contribution < 1.29 is 18.3 Å². The number of thioether (sulfide) groups is 1. The van der Waals surface area contributed by atoms with Crippen LogP contribution in [-0.2, 0) is 17.9 Å². The van der Waals surface area contributed by atoms with E-state index in [9.17, 15) is 14.0 Å². The van der Waals surface area contributed by atoms with Crippen LogP contribution in [0.1, 0.15) is 11.3 Å². The number of carbonyl (C=O) groups is 1. The molecule has 1 saturated heterocycles. The van der Waals surface area contributed by atoms with Gasteiger partial charge in [0.25, 0.3) is 5.91 Å². The van der Waals surface area contributed by atoms with Gasteiger partial charge in [0.1, 0.15) is 17.8 Å². The van der Waals surface area contributed by atoms with Gasteiger partial charge in [0, 0.05) is 37.2 Å². The third kappa shape index (κ3) is 6.11. The van der Waals surface area contributed by atoms with E-state index in [2.05, 4.69) is 10.2 Å². The van der Waals surface area contributed by atoms with Gasteiger partial charge in [-0.15, -0.1) is 0 Å². The first-order valence-electron chi connectivity index (χ1n) is 8.66. The van der Waals surface area contributed by atoms with Crippen molar-refractivity contribution in [1.29, 1.82) is 0 Å². The summed E-state index contributed by atoms with van der Waals surface area (Å²) >= 11 is 1.92. The predicted molar refractivity (Wildman–Crippen MR) is 101 cm³/mol. The summed E-state index contributed by atoms with van der Waals surface area (Å²) in [6, 6.07) is 7.36. The van der Waals surface area contributed by atoms with E-state index in [1.165, 1.54) is 24.5 Å². The molecule has 2 aromatic rings. The van der Waals surface area contributed by atoms with Crippen LogP contribution < -0.4 is 15.5 Å². The number of nitrogens with one attached hydrogen (secondary N) is 1. The zero-order valence-electron chi connectivity index (χ0n) is 14.8. The molecule has 1 aromatic heterocycles. The van der Waals surface area contributed by atoms with Crippen molar-refractivity contribution in [2.24, 2.45) is 0 Å². The van der Waals surface area contributed by atoms with E-state index in [1.807, 2.05) is 11.8 Å². The maximum absolute atomic E-state index is 13.1. The highest BCUT2D eigenvalue weighted by molar-refractivity contribution is 7.99. The Morgan fingerprint density at radius 2 is 2.11 bits per heavy atom. The van der Waals surface area contributed by atoms with Crippen molar-refractivity contribution in [1.82, 2.24) is 10.2 Å². The number of hydrogen-bond donors (Lipinski definition) is 1. The van der Waals surface area contributed by atoms with Crippen molar-refractivity contribution >= 4 is 17.7 Å². The van der Waals surface area contributed by atoms with Gasteiger partial charge in [-0.3, -0.25) is 14.5 Å². The van der Waals surface area contributed by atoms with Gasteiger partial charge in [0.05, 0.1) is 6.54 Å². The Hall–Kier alpha value is -2.32. The van der Waals surface area contributed by atoms with Crippen molar-refractivity contribution in [3.05, 3.63) is 64.0 Å². The second-order valence-electron chi connectivity index (χ2n) is 6.16. The van der Waals surface area contributed by atoms with Crippen LogP contribution in [0.15, 0.2) is 45.8 Å². The first-order chi connectivity index (χ1) is 13.1. The molecule has 27 heavy (non-hydrogen) atoms. The molecule has 1 aliphatic rings. The van der Waals surface area contributed by atoms with Crippen LogP contribution in [0.2, 0.25) is 0 Å². The van der Waals surface area contributed by atoms with E-state index in [4.69, 9.17) is 9.15 Å². The van der Waals surface area contributed by atoms with E-state index < -0.39 is 5.91 Å². The smallest absolute Gasteiger partial charge is 0.258 e. The van der Waals surface area contributed by atoms with Gasteiger partial charge in [0.2, 0.25) is 11.2 Å². The molecule has 1 amide bonds. The normalized spacial score (nSPS) is 14.7. The molecule has 1 N–H and O–H groups in total. The third-order valence-electron chi connectivity index (χ3n) is 4.07. The van der Waals surface area contributed by atoms with E-state index in [0.717, 1.165) is 24.6 Å². The summed E-state index contributed by atoms with van der Waals surface area (Å²) in [6.07, 6.45) is 1.25. The van der Waals surface area contributed by atoms with Crippen LogP contribution in [0.5, 0.6) is 5.75 Å². The molecule has 8 heteroatoms. The van der Waals surface area contributed by atoms with E-state index in [0.29, 0.717) is 17.9 Å². The molecule has 0 radical (unpaired) electrons. The van der Waals surface area contributed by atoms with Gasteiger partial charge in [-0.2, -0.15) is 11.8 Å². The highest BCUT2D eigenvalue weighted by Crippen LogP contribution is 2.13. The Kier molecular flexibility index (Phi) is 6.89. The summed E-state index contributed by atoms with van der Waals surface area (Å²) in [5, 5.41) is 2.61. The molecular formula is C19H21FN2O4S. The Balaban J connectivity index is 1.47. The minimum Gasteiger partial charge on any atom is -0.477 e. The molecule has 6 nitrogen and oxygen atoms in total. The van der Waals surface area contributed by atoms with Crippen LogP contribution in [0.4, 0.5) is 4.39 Å². The van der Waals surface area contributed by atoms with Crippen molar-refractivity contribution in [3.63, 3.8) is 0 Å². The lowest BCUT2D eigenvalue weighted by Crippen LogP contribution is -2.32. The van der Waals surface area contributed by atoms with Gasteiger partial charge >= 0.3 is 0 Å². The zero-order valence-corrected chi connectivity index (χ0v) is 15.6. The maximum atomic E-state index is 13.1. The zero-order chi connectivity index (χ0) is 19.1. The second kappa shape index (κ2) is 9.57. The van der Waals surface area contributed by atoms with E-state index in [-0.39, 0.29) is 30.1 Å². The number of nitrogens with zero attached hydrogens (tertiary/aromatic N) is 1. The third-order valence-corrected chi connectivity index (χ3v) is 5.02. The maximum Gasteiger partial charge on any atom is 0.258 e. The number of halogens is 1. The summed E-state index contributed by atoms with van der Waals surface area (Å²) in [6.45, 7) is 2.39. The summed E-state index contributed by atoms with van der Waals surface area (Å²) in [4.78, 5) is 26.2. The molecule has 1 aromatic carbocycles. The highest BCUT2D eigenvalue weighted by atomic mass is 32.2. The Labute approximate surface area is 160 Å². The van der Waals surface area contributed by atoms with Crippen LogP contribution in [0.3, 0.4) is 0 Å². The predicted octanol–water partition coefficient (Wildman–Crippen LogP) is 2.02. The number of rotatable bonds is 7. The SMILES string of the molecule is O=C(COc1coc(CN2CCSCC2)cc1=O)NCc1cccc(F)c1. The molecule has 0 atom stereocenters. The Bertz CT molecular complexity index is 836. The quantitative estimate of drug-likeness (QED) is 0.777. The molecule has 3 rings (SSSR count). The molecule has 1 fully saturated rings. The standard InChI is InChI=1S/C19H21FN2O4S/c20-15-3-1-2-14(8-15)10-21-19(24)13-26-18-12-25-16(9-17(18)23)11-22-4-6-27-7-5-22/h1-3,8-9,12H,4-7,10-11,13H2,(H,21,24). The van der Waals surface area contributed by atoms with Gasteiger partial charge in [-0.25, -0.2) is 4.39 Å². The first-order valence-corrected chi connectivity index (χ1v) is 9.81. The van der Waals surface area contributed by atoms with Crippen LogP contribution in [0, 0.1) is 5.82 Å². The number of amides is 1. The first kappa shape index (κ1) is 19.4. The summed E-state index contributed by atoms with van der Waals surface area (Å²) in [5.74, 6) is 1.96. The van der Waals surface area contributed by atoms with Crippen LogP contribution in [-0.4, -0.2) is 42.0 Å². The van der Waals surface area contributed by atoms with Gasteiger partial charge in [0.15, 0.2) is 6.61 Å². The number of carbonyl (C=O) groups excluding carboxylic acids is 1. The van der Waals surface area contributed by atoms with E-state index in [1.54, 1.807) is 12.1 Å². The van der Waals surface area contributed by atoms with Crippen molar-refractivity contribution in [2.45, 2.75) is 13.1 Å². The topological polar surface area (TPSA) is 71.8 Å². The molecule has 2 heterocycles.